The highest BCUT2D eigenvalue weighted by Crippen LogP contribution is 2.52. The number of hydrogen-bond acceptors (Lipinski definition) is 1. The van der Waals surface area contributed by atoms with E-state index < -0.39 is 29.0 Å². The smallest absolute Gasteiger partial charge is 0.309 e. The normalized spacial score (nSPS) is 12.4. The van der Waals surface area contributed by atoms with Gasteiger partial charge >= 0.3 is 12.4 Å². The molecule has 0 aliphatic carbocycles. The molecule has 11 heteroatoms. The third-order valence-electron chi connectivity index (χ3n) is 15.9. The molecule has 0 fully saturated rings. The van der Waals surface area contributed by atoms with Gasteiger partial charge in [-0.2, -0.15) is 31.6 Å². The number of halogens is 6. The molecule has 0 amide bonds. The molecular formula is C69H39F6N5. The van der Waals surface area contributed by atoms with Crippen LogP contribution in [0.4, 0.5) is 26.3 Å². The Morgan fingerprint density at radius 2 is 0.613 bits per heavy atom. The average Bonchev–Trinajstić information content (AvgIpc) is 4.37. The van der Waals surface area contributed by atoms with Crippen LogP contribution in [0.1, 0.15) is 16.7 Å². The molecule has 4 heterocycles. The zero-order valence-electron chi connectivity index (χ0n) is 42.0. The summed E-state index contributed by atoms with van der Waals surface area (Å²) >= 11 is 0. The van der Waals surface area contributed by atoms with E-state index in [-0.39, 0.29) is 27.9 Å². The molecule has 0 unspecified atom stereocenters. The highest BCUT2D eigenvalue weighted by atomic mass is 19.4. The van der Waals surface area contributed by atoms with Gasteiger partial charge in [0.25, 0.3) is 0 Å². The van der Waals surface area contributed by atoms with E-state index in [0.29, 0.717) is 39.9 Å². The zero-order chi connectivity index (χ0) is 54.2. The van der Waals surface area contributed by atoms with Gasteiger partial charge < -0.3 is 18.3 Å². The van der Waals surface area contributed by atoms with Gasteiger partial charge in [0.2, 0.25) is 0 Å². The fourth-order valence-electron chi connectivity index (χ4n) is 12.7. The van der Waals surface area contributed by atoms with Crippen molar-refractivity contribution in [2.75, 3.05) is 0 Å². The van der Waals surface area contributed by atoms with Gasteiger partial charge in [0.1, 0.15) is 0 Å². The molecule has 0 saturated heterocycles. The van der Waals surface area contributed by atoms with Gasteiger partial charge in [0.05, 0.1) is 78.3 Å². The van der Waals surface area contributed by atoms with Crippen LogP contribution < -0.4 is 0 Å². The predicted octanol–water partition coefficient (Wildman–Crippen LogP) is 19.3. The predicted molar refractivity (Wildman–Crippen MR) is 309 cm³/mol. The van der Waals surface area contributed by atoms with E-state index in [1.54, 1.807) is 24.3 Å². The highest BCUT2D eigenvalue weighted by Gasteiger charge is 2.42. The lowest BCUT2D eigenvalue weighted by atomic mass is 9.85. The third kappa shape index (κ3) is 6.85. The van der Waals surface area contributed by atoms with E-state index in [9.17, 15) is 5.26 Å². The number of rotatable bonds is 6. The van der Waals surface area contributed by atoms with Crippen LogP contribution in [0.2, 0.25) is 0 Å². The monoisotopic (exact) mass is 1050 g/mol. The molecule has 0 saturated carbocycles. The maximum atomic E-state index is 15.6. The van der Waals surface area contributed by atoms with Gasteiger partial charge in [-0.3, -0.25) is 0 Å². The van der Waals surface area contributed by atoms with E-state index >= 15 is 26.3 Å². The van der Waals surface area contributed by atoms with Crippen LogP contribution in [0.5, 0.6) is 0 Å². The molecule has 0 aliphatic heterocycles. The Bertz CT molecular complexity index is 5000. The standard InChI is InChI=1S/C69H39F6N5/c70-68(71,72)53-24-15-25-54(69(73,74)75)66(53)50-23-14-33-64(80-60-31-12-6-22-49(60)52-39-43(35-37-62(52)80)78-57-28-9-3-19-46(57)47-20-4-10-29-58(47)78)67(50)65-41(40-76)16-13-32-63(65)79-59-30-11-5-21-48(59)51-38-42(34-36-61(51)79)77-55-26-7-1-17-44(55)45-18-2-8-27-56(45)77/h1-39H. The largest absolute Gasteiger partial charge is 0.417 e. The summed E-state index contributed by atoms with van der Waals surface area (Å²) in [6.45, 7) is 0. The number of fused-ring (bicyclic) bond motifs is 12. The quantitative estimate of drug-likeness (QED) is 0.153. The Labute approximate surface area is 451 Å². The van der Waals surface area contributed by atoms with E-state index in [0.717, 1.165) is 82.6 Å². The van der Waals surface area contributed by atoms with Crippen LogP contribution in [0, 0.1) is 11.3 Å². The topological polar surface area (TPSA) is 43.5 Å². The van der Waals surface area contributed by atoms with E-state index in [2.05, 4.69) is 75.9 Å². The second kappa shape index (κ2) is 17.3. The Morgan fingerprint density at radius 3 is 1.00 bits per heavy atom. The van der Waals surface area contributed by atoms with Crippen molar-refractivity contribution in [3.05, 3.63) is 253 Å². The van der Waals surface area contributed by atoms with Crippen molar-refractivity contribution >= 4 is 87.2 Å². The molecule has 0 aliphatic rings. The molecule has 0 spiro atoms. The summed E-state index contributed by atoms with van der Waals surface area (Å²) in [5.74, 6) is 0. The van der Waals surface area contributed by atoms with Crippen LogP contribution in [0.3, 0.4) is 0 Å². The Balaban J connectivity index is 1.06. The number of nitriles is 1. The van der Waals surface area contributed by atoms with Crippen LogP contribution >= 0.6 is 0 Å². The molecule has 0 N–H and O–H groups in total. The maximum Gasteiger partial charge on any atom is 0.417 e. The molecule has 5 nitrogen and oxygen atoms in total. The molecule has 0 atom stereocenters. The first-order valence-corrected chi connectivity index (χ1v) is 26.0. The number of hydrogen-bond donors (Lipinski definition) is 0. The fraction of sp³-hybridized carbons (Fsp3) is 0.0290. The minimum atomic E-state index is -5.22. The lowest BCUT2D eigenvalue weighted by Crippen LogP contribution is -2.15. The molecule has 11 aromatic carbocycles. The molecule has 4 aromatic heterocycles. The van der Waals surface area contributed by atoms with Crippen LogP contribution in [-0.4, -0.2) is 18.3 Å². The fourth-order valence-corrected chi connectivity index (χ4v) is 12.7. The summed E-state index contributed by atoms with van der Waals surface area (Å²) in [6.07, 6.45) is -10.4. The summed E-state index contributed by atoms with van der Waals surface area (Å²) in [5, 5.41) is 19.0. The lowest BCUT2D eigenvalue weighted by molar-refractivity contribution is -0.142. The molecule has 0 radical (unpaired) electrons. The molecular weight excluding hydrogens is 1010 g/mol. The average molecular weight is 1050 g/mol. The number of para-hydroxylation sites is 6. The highest BCUT2D eigenvalue weighted by molar-refractivity contribution is 6.15. The van der Waals surface area contributed by atoms with E-state index in [4.69, 9.17) is 0 Å². The van der Waals surface area contributed by atoms with Gasteiger partial charge in [-0.15, -0.1) is 0 Å². The minimum absolute atomic E-state index is 0.00353. The number of nitrogens with zero attached hydrogens (tertiary/aromatic N) is 5. The van der Waals surface area contributed by atoms with Crippen LogP contribution in [0.15, 0.2) is 237 Å². The Hall–Kier alpha value is -10.3. The van der Waals surface area contributed by atoms with Gasteiger partial charge in [0.15, 0.2) is 0 Å². The summed E-state index contributed by atoms with van der Waals surface area (Å²) < 4.78 is 102. The van der Waals surface area contributed by atoms with Crippen molar-refractivity contribution in [2.45, 2.75) is 12.4 Å². The number of benzene rings is 11. The first-order valence-electron chi connectivity index (χ1n) is 26.0. The van der Waals surface area contributed by atoms with Crippen LogP contribution in [0.25, 0.3) is 132 Å². The summed E-state index contributed by atoms with van der Waals surface area (Å²) in [7, 11) is 0. The van der Waals surface area contributed by atoms with Crippen molar-refractivity contribution in [3.63, 3.8) is 0 Å². The van der Waals surface area contributed by atoms with Crippen molar-refractivity contribution in [2.24, 2.45) is 0 Å². The van der Waals surface area contributed by atoms with Crippen molar-refractivity contribution in [1.82, 2.24) is 18.3 Å². The summed E-state index contributed by atoms with van der Waals surface area (Å²) in [6, 6.07) is 74.4. The van der Waals surface area contributed by atoms with Crippen molar-refractivity contribution < 1.29 is 26.3 Å². The molecule has 80 heavy (non-hydrogen) atoms. The van der Waals surface area contributed by atoms with Crippen molar-refractivity contribution in [1.29, 1.82) is 5.26 Å². The second-order valence-corrected chi connectivity index (χ2v) is 20.1. The third-order valence-corrected chi connectivity index (χ3v) is 15.9. The summed E-state index contributed by atoms with van der Waals surface area (Å²) in [5.41, 5.74) is 4.93. The van der Waals surface area contributed by atoms with Gasteiger partial charge in [-0.05, 0) is 109 Å². The minimum Gasteiger partial charge on any atom is -0.309 e. The van der Waals surface area contributed by atoms with Gasteiger partial charge in [-0.25, -0.2) is 0 Å². The SMILES string of the molecule is N#Cc1cccc(-n2c3ccccc3c3cc(-n4c5ccccc5c5ccccc54)ccc32)c1-c1c(-c2c(C(F)(F)F)cccc2C(F)(F)F)cccc1-n1c2ccccc2c2cc(-n3c4ccccc4c4ccccc43)ccc21. The lowest BCUT2D eigenvalue weighted by Gasteiger charge is -2.25. The zero-order valence-corrected chi connectivity index (χ0v) is 42.0. The maximum absolute atomic E-state index is 15.6. The number of aromatic nitrogens is 4. The second-order valence-electron chi connectivity index (χ2n) is 20.1. The van der Waals surface area contributed by atoms with E-state index in [1.807, 2.05) is 130 Å². The Morgan fingerprint density at radius 1 is 0.287 bits per heavy atom. The number of alkyl halides is 6. The van der Waals surface area contributed by atoms with Gasteiger partial charge in [-0.1, -0.05) is 133 Å². The molecule has 15 rings (SSSR count). The van der Waals surface area contributed by atoms with E-state index in [1.165, 1.54) is 12.1 Å². The molecule has 382 valence electrons. The first-order chi connectivity index (χ1) is 39.0. The molecule has 0 bridgehead atoms. The summed E-state index contributed by atoms with van der Waals surface area (Å²) in [4.78, 5) is 0. The Kier molecular flexibility index (Phi) is 10.2. The van der Waals surface area contributed by atoms with Crippen LogP contribution in [-0.2, 0) is 12.4 Å². The van der Waals surface area contributed by atoms with Crippen molar-refractivity contribution in [3.8, 4) is 51.1 Å². The first kappa shape index (κ1) is 46.9. The molecule has 15 aromatic rings. The van der Waals surface area contributed by atoms with Gasteiger partial charge in [0, 0.05) is 71.2 Å².